The van der Waals surface area contributed by atoms with Crippen molar-refractivity contribution in [2.45, 2.75) is 26.3 Å². The second-order valence-electron chi connectivity index (χ2n) is 9.62. The number of benzene rings is 2. The Balaban J connectivity index is 1.86. The summed E-state index contributed by atoms with van der Waals surface area (Å²) in [6.45, 7) is 4.62. The first-order valence-corrected chi connectivity index (χ1v) is 13.0. The maximum absolute atomic E-state index is 13.3. The molecule has 2 aromatic carbocycles. The van der Waals surface area contributed by atoms with Gasteiger partial charge < -0.3 is 14.4 Å². The maximum atomic E-state index is 13.3. The van der Waals surface area contributed by atoms with Gasteiger partial charge >= 0.3 is 11.7 Å². The van der Waals surface area contributed by atoms with Crippen LogP contribution in [0.3, 0.4) is 0 Å². The van der Waals surface area contributed by atoms with Crippen LogP contribution in [0.5, 0.6) is 5.75 Å². The number of esters is 1. The van der Waals surface area contributed by atoms with Crippen molar-refractivity contribution in [1.82, 2.24) is 19.9 Å². The molecule has 2 unspecified atom stereocenters. The van der Waals surface area contributed by atoms with Gasteiger partial charge in [-0.2, -0.15) is 4.98 Å². The topological polar surface area (TPSA) is 127 Å². The second-order valence-corrected chi connectivity index (χ2v) is 9.62. The highest BCUT2D eigenvalue weighted by atomic mass is 16.5. The number of aromatic nitrogens is 2. The molecule has 2 atom stereocenters. The summed E-state index contributed by atoms with van der Waals surface area (Å²) in [6.07, 6.45) is 0. The van der Waals surface area contributed by atoms with Gasteiger partial charge in [-0.1, -0.05) is 36.4 Å². The largest absolute Gasteiger partial charge is 0.497 e. The van der Waals surface area contributed by atoms with Crippen LogP contribution in [0.4, 0.5) is 11.6 Å². The third-order valence-corrected chi connectivity index (χ3v) is 6.66. The normalized spacial score (nSPS) is 16.1. The van der Waals surface area contributed by atoms with Crippen molar-refractivity contribution in [1.29, 1.82) is 0 Å². The standard InChI is InChI=1S/C29H34N6O5/c1-6-40-28(37)22-18(2)30-26-24(23(22)19-11-8-7-9-12-19)25(31-29(38)35(26)16-15-34(3)4)32-33-27(36)20-13-10-14-21(17-20)39-5/h7-14,17,22-23H,6,15-16H2,1-5H3,(H,33,36)(H,31,32,38). The number of fused-ring (bicyclic) bond motifs is 1. The van der Waals surface area contributed by atoms with Gasteiger partial charge in [0, 0.05) is 35.8 Å². The van der Waals surface area contributed by atoms with Gasteiger partial charge in [0.15, 0.2) is 5.82 Å². The van der Waals surface area contributed by atoms with Gasteiger partial charge in [-0.15, -0.1) is 0 Å². The number of nitrogens with zero attached hydrogens (tertiary/aromatic N) is 4. The van der Waals surface area contributed by atoms with E-state index < -0.39 is 29.4 Å². The van der Waals surface area contributed by atoms with E-state index in [4.69, 9.17) is 14.5 Å². The molecule has 0 aliphatic carbocycles. The van der Waals surface area contributed by atoms with Crippen molar-refractivity contribution in [2.24, 2.45) is 10.9 Å². The predicted molar refractivity (Wildman–Crippen MR) is 152 cm³/mol. The van der Waals surface area contributed by atoms with Gasteiger partial charge in [-0.05, 0) is 51.7 Å². The van der Waals surface area contributed by atoms with E-state index in [1.54, 1.807) is 38.1 Å². The molecule has 1 aliphatic rings. The summed E-state index contributed by atoms with van der Waals surface area (Å²) in [4.78, 5) is 50.6. The number of amides is 1. The molecule has 2 N–H and O–H groups in total. The van der Waals surface area contributed by atoms with Crippen LogP contribution in [-0.2, 0) is 16.1 Å². The number of hydrogen-bond donors (Lipinski definition) is 2. The molecule has 1 amide bonds. The van der Waals surface area contributed by atoms with Crippen molar-refractivity contribution in [3.05, 3.63) is 81.8 Å². The number of carbonyl (C=O) groups is 2. The highest BCUT2D eigenvalue weighted by Crippen LogP contribution is 2.45. The third-order valence-electron chi connectivity index (χ3n) is 6.66. The van der Waals surface area contributed by atoms with Gasteiger partial charge in [0.1, 0.15) is 17.5 Å². The Morgan fingerprint density at radius 3 is 2.52 bits per heavy atom. The molecule has 0 saturated heterocycles. The molecule has 4 rings (SSSR count). The Morgan fingerprint density at radius 2 is 1.85 bits per heavy atom. The molecule has 0 radical (unpaired) electrons. The quantitative estimate of drug-likeness (QED) is 0.294. The molecule has 0 spiro atoms. The fraction of sp³-hybridized carbons (Fsp3) is 0.345. The summed E-state index contributed by atoms with van der Waals surface area (Å²) >= 11 is 0. The van der Waals surface area contributed by atoms with E-state index in [2.05, 4.69) is 15.8 Å². The molecule has 0 bridgehead atoms. The molecule has 210 valence electrons. The molecule has 11 nitrogen and oxygen atoms in total. The van der Waals surface area contributed by atoms with Crippen LogP contribution in [0.2, 0.25) is 0 Å². The van der Waals surface area contributed by atoms with E-state index in [0.29, 0.717) is 41.5 Å². The van der Waals surface area contributed by atoms with Crippen molar-refractivity contribution in [3.63, 3.8) is 0 Å². The summed E-state index contributed by atoms with van der Waals surface area (Å²) in [5, 5.41) is 0. The molecule has 0 saturated carbocycles. The Kier molecular flexibility index (Phi) is 8.95. The highest BCUT2D eigenvalue weighted by Gasteiger charge is 2.42. The van der Waals surface area contributed by atoms with Crippen molar-refractivity contribution < 1.29 is 19.1 Å². The molecular weight excluding hydrogens is 512 g/mol. The van der Waals surface area contributed by atoms with Crippen LogP contribution >= 0.6 is 0 Å². The number of likely N-dealkylation sites (N-methyl/N-ethyl adjacent to an activating group) is 1. The van der Waals surface area contributed by atoms with Crippen LogP contribution < -0.4 is 21.3 Å². The van der Waals surface area contributed by atoms with E-state index in [1.165, 1.54) is 11.7 Å². The summed E-state index contributed by atoms with van der Waals surface area (Å²) in [5.41, 5.74) is 7.16. The monoisotopic (exact) mass is 546 g/mol. The summed E-state index contributed by atoms with van der Waals surface area (Å²) in [6, 6.07) is 16.1. The van der Waals surface area contributed by atoms with Crippen molar-refractivity contribution in [3.8, 4) is 5.75 Å². The molecule has 11 heteroatoms. The molecule has 1 aromatic heterocycles. The average molecular weight is 547 g/mol. The van der Waals surface area contributed by atoms with Crippen LogP contribution in [0.1, 0.15) is 41.3 Å². The minimum absolute atomic E-state index is 0.108. The molecule has 1 aliphatic heterocycles. The van der Waals surface area contributed by atoms with Crippen LogP contribution in [0.25, 0.3) is 0 Å². The lowest BCUT2D eigenvalue weighted by Gasteiger charge is -2.33. The number of ether oxygens (including phenoxy) is 2. The summed E-state index contributed by atoms with van der Waals surface area (Å²) < 4.78 is 12.2. The number of methoxy groups -OCH3 is 1. The summed E-state index contributed by atoms with van der Waals surface area (Å²) in [7, 11) is 5.34. The van der Waals surface area contributed by atoms with Crippen LogP contribution in [0.15, 0.2) is 64.4 Å². The van der Waals surface area contributed by atoms with Crippen LogP contribution in [-0.4, -0.2) is 66.4 Å². The molecular formula is C29H34N6O5. The van der Waals surface area contributed by atoms with E-state index in [9.17, 15) is 14.4 Å². The number of carbonyl (C=O) groups excluding carboxylic acids is 2. The number of nitrogens with one attached hydrogen (secondary N) is 2. The Labute approximate surface area is 232 Å². The number of hydrazine groups is 1. The first kappa shape index (κ1) is 28.5. The van der Waals surface area contributed by atoms with E-state index >= 15 is 0 Å². The minimum Gasteiger partial charge on any atom is -0.497 e. The SMILES string of the molecule is CCOC(=O)C1C(C)=Nc2c(c(NNC(=O)c3cccc(OC)c3)nc(=O)n2CCN(C)C)C1c1ccccc1. The smallest absolute Gasteiger partial charge is 0.351 e. The number of rotatable bonds is 10. The lowest BCUT2D eigenvalue weighted by molar-refractivity contribution is -0.146. The fourth-order valence-corrected chi connectivity index (χ4v) is 4.72. The highest BCUT2D eigenvalue weighted by molar-refractivity contribution is 6.05. The van der Waals surface area contributed by atoms with Gasteiger partial charge in [-0.25, -0.2) is 9.79 Å². The zero-order valence-corrected chi connectivity index (χ0v) is 23.3. The molecule has 40 heavy (non-hydrogen) atoms. The Hall–Kier alpha value is -4.51. The van der Waals surface area contributed by atoms with E-state index in [1.807, 2.05) is 49.3 Å². The van der Waals surface area contributed by atoms with Gasteiger partial charge in [0.2, 0.25) is 0 Å². The third kappa shape index (κ3) is 6.04. The lowest BCUT2D eigenvalue weighted by Crippen LogP contribution is -2.39. The molecule has 0 fully saturated rings. The predicted octanol–water partition coefficient (Wildman–Crippen LogP) is 2.99. The molecule has 2 heterocycles. The van der Waals surface area contributed by atoms with E-state index in [-0.39, 0.29) is 12.4 Å². The van der Waals surface area contributed by atoms with E-state index in [0.717, 1.165) is 5.56 Å². The Morgan fingerprint density at radius 1 is 1.10 bits per heavy atom. The van der Waals surface area contributed by atoms with Gasteiger partial charge in [0.25, 0.3) is 5.91 Å². The number of anilines is 1. The van der Waals surface area contributed by atoms with Gasteiger partial charge in [-0.3, -0.25) is 25.0 Å². The zero-order chi connectivity index (χ0) is 28.8. The number of aliphatic imine (C=N–C) groups is 1. The van der Waals surface area contributed by atoms with Crippen molar-refractivity contribution in [2.75, 3.05) is 39.8 Å². The Bertz CT molecular complexity index is 1470. The average Bonchev–Trinajstić information content (AvgIpc) is 2.95. The first-order chi connectivity index (χ1) is 19.2. The molecule has 3 aromatic rings. The first-order valence-electron chi connectivity index (χ1n) is 13.0. The maximum Gasteiger partial charge on any atom is 0.351 e. The minimum atomic E-state index is -0.758. The van der Waals surface area contributed by atoms with Crippen LogP contribution in [0, 0.1) is 5.92 Å². The second kappa shape index (κ2) is 12.6. The summed E-state index contributed by atoms with van der Waals surface area (Å²) in [5.74, 6) is -1.21. The fourth-order valence-electron chi connectivity index (χ4n) is 4.72. The lowest BCUT2D eigenvalue weighted by atomic mass is 9.76. The number of hydrogen-bond acceptors (Lipinski definition) is 9. The van der Waals surface area contributed by atoms with Gasteiger partial charge in [0.05, 0.1) is 13.7 Å². The van der Waals surface area contributed by atoms with Crippen molar-refractivity contribution >= 4 is 29.2 Å². The zero-order valence-electron chi connectivity index (χ0n) is 23.3.